The molecule has 3 unspecified atom stereocenters. The maximum absolute atomic E-state index is 12.3. The zero-order valence-corrected chi connectivity index (χ0v) is 12.7. The van der Waals surface area contributed by atoms with Gasteiger partial charge in [0.25, 0.3) is 0 Å². The largest absolute Gasteiger partial charge is 0.480 e. The molecule has 3 atom stereocenters. The van der Waals surface area contributed by atoms with E-state index in [4.69, 9.17) is 0 Å². The maximum Gasteiger partial charge on any atom is 0.329 e. The lowest BCUT2D eigenvalue weighted by molar-refractivity contribution is -0.144. The second-order valence-corrected chi connectivity index (χ2v) is 6.63. The summed E-state index contributed by atoms with van der Waals surface area (Å²) in [7, 11) is 4.02. The first-order chi connectivity index (χ1) is 9.25. The second-order valence-electron chi connectivity index (χ2n) is 6.63. The van der Waals surface area contributed by atoms with Crippen LogP contribution in [-0.4, -0.2) is 65.7 Å². The quantitative estimate of drug-likeness (QED) is 0.801. The molecule has 2 amide bonds. The number of amides is 2. The van der Waals surface area contributed by atoms with E-state index in [9.17, 15) is 14.7 Å². The van der Waals surface area contributed by atoms with Crippen molar-refractivity contribution < 1.29 is 14.7 Å². The second kappa shape index (κ2) is 5.24. The first kappa shape index (κ1) is 15.1. The van der Waals surface area contributed by atoms with E-state index in [2.05, 4.69) is 17.1 Å². The Balaban J connectivity index is 2.00. The minimum atomic E-state index is -1.13. The van der Waals surface area contributed by atoms with Gasteiger partial charge < -0.3 is 20.2 Å². The van der Waals surface area contributed by atoms with Crippen molar-refractivity contribution in [2.24, 2.45) is 11.8 Å². The molecule has 1 heterocycles. The average Bonchev–Trinajstić information content (AvgIpc) is 3.12. The Bertz CT molecular complexity index is 408. The number of nitrogens with zero attached hydrogens (tertiary/aromatic N) is 2. The fourth-order valence-corrected chi connectivity index (χ4v) is 3.08. The van der Waals surface area contributed by atoms with Gasteiger partial charge in [-0.2, -0.15) is 0 Å². The Hall–Kier alpha value is -1.30. The van der Waals surface area contributed by atoms with Gasteiger partial charge in [-0.3, -0.25) is 0 Å². The van der Waals surface area contributed by atoms with Crippen molar-refractivity contribution in [3.63, 3.8) is 0 Å². The number of hydrogen-bond donors (Lipinski definition) is 2. The fourth-order valence-electron chi connectivity index (χ4n) is 3.08. The smallest absolute Gasteiger partial charge is 0.329 e. The molecule has 0 spiro atoms. The van der Waals surface area contributed by atoms with Gasteiger partial charge in [0, 0.05) is 19.1 Å². The number of carbonyl (C=O) groups is 2. The van der Waals surface area contributed by atoms with Crippen LogP contribution in [0.15, 0.2) is 0 Å². The van der Waals surface area contributed by atoms with Gasteiger partial charge in [-0.05, 0) is 45.7 Å². The van der Waals surface area contributed by atoms with Gasteiger partial charge in [0.15, 0.2) is 0 Å². The molecule has 0 bridgehead atoms. The van der Waals surface area contributed by atoms with Crippen molar-refractivity contribution in [1.29, 1.82) is 0 Å². The van der Waals surface area contributed by atoms with Crippen LogP contribution in [0.3, 0.4) is 0 Å². The Morgan fingerprint density at radius 1 is 1.30 bits per heavy atom. The summed E-state index contributed by atoms with van der Waals surface area (Å²) in [6, 6.07) is 0.0794. The normalized spacial score (nSPS) is 29.4. The molecule has 2 N–H and O–H groups in total. The summed E-state index contributed by atoms with van der Waals surface area (Å²) in [5, 5.41) is 12.1. The molecule has 1 aliphatic heterocycles. The number of carboxylic acids is 1. The van der Waals surface area contributed by atoms with Crippen molar-refractivity contribution in [3.05, 3.63) is 0 Å². The SMILES string of the molecule is CC1CN(C(=O)NC(C)(C(=O)O)C2CC2)CC1N(C)C. The van der Waals surface area contributed by atoms with Gasteiger partial charge in [0.2, 0.25) is 0 Å². The third kappa shape index (κ3) is 2.75. The van der Waals surface area contributed by atoms with E-state index in [1.807, 2.05) is 14.1 Å². The predicted octanol–water partition coefficient (Wildman–Crippen LogP) is 0.831. The predicted molar refractivity (Wildman–Crippen MR) is 75.5 cm³/mol. The molecule has 2 aliphatic rings. The van der Waals surface area contributed by atoms with E-state index < -0.39 is 11.5 Å². The lowest BCUT2D eigenvalue weighted by Crippen LogP contribution is -2.57. The number of likely N-dealkylation sites (N-methyl/N-ethyl adjacent to an activating group) is 1. The lowest BCUT2D eigenvalue weighted by Gasteiger charge is -2.29. The number of urea groups is 1. The molecular weight excluding hydrogens is 258 g/mol. The summed E-state index contributed by atoms with van der Waals surface area (Å²) >= 11 is 0. The van der Waals surface area contributed by atoms with Crippen LogP contribution in [0.1, 0.15) is 26.7 Å². The third-order valence-electron chi connectivity index (χ3n) is 4.73. The van der Waals surface area contributed by atoms with Crippen LogP contribution >= 0.6 is 0 Å². The zero-order valence-electron chi connectivity index (χ0n) is 12.7. The number of aliphatic carboxylic acids is 1. The van der Waals surface area contributed by atoms with Crippen LogP contribution in [-0.2, 0) is 4.79 Å². The van der Waals surface area contributed by atoms with Crippen LogP contribution in [0.25, 0.3) is 0 Å². The number of carboxylic acid groups (broad SMARTS) is 1. The lowest BCUT2D eigenvalue weighted by atomic mass is 9.96. The van der Waals surface area contributed by atoms with Gasteiger partial charge in [0.1, 0.15) is 5.54 Å². The van der Waals surface area contributed by atoms with E-state index in [0.29, 0.717) is 25.0 Å². The highest BCUT2D eigenvalue weighted by molar-refractivity contribution is 5.86. The molecule has 1 saturated carbocycles. The van der Waals surface area contributed by atoms with Crippen LogP contribution in [0, 0.1) is 11.8 Å². The third-order valence-corrected chi connectivity index (χ3v) is 4.73. The highest BCUT2D eigenvalue weighted by atomic mass is 16.4. The van der Waals surface area contributed by atoms with Crippen molar-refractivity contribution in [1.82, 2.24) is 15.1 Å². The number of nitrogens with one attached hydrogen (secondary N) is 1. The monoisotopic (exact) mass is 283 g/mol. The van der Waals surface area contributed by atoms with E-state index in [1.54, 1.807) is 11.8 Å². The molecule has 0 aromatic rings. The molecule has 0 aromatic heterocycles. The van der Waals surface area contributed by atoms with Crippen LogP contribution < -0.4 is 5.32 Å². The van der Waals surface area contributed by atoms with Gasteiger partial charge in [-0.25, -0.2) is 9.59 Å². The van der Waals surface area contributed by atoms with Gasteiger partial charge >= 0.3 is 12.0 Å². The van der Waals surface area contributed by atoms with Crippen molar-refractivity contribution in [3.8, 4) is 0 Å². The minimum absolute atomic E-state index is 0.0635. The zero-order chi connectivity index (χ0) is 15.1. The number of rotatable bonds is 4. The number of carbonyl (C=O) groups excluding carboxylic acids is 1. The Labute approximate surface area is 120 Å². The first-order valence-electron chi connectivity index (χ1n) is 7.22. The van der Waals surface area contributed by atoms with Gasteiger partial charge in [0.05, 0.1) is 0 Å². The molecule has 0 aromatic carbocycles. The van der Waals surface area contributed by atoms with E-state index >= 15 is 0 Å². The van der Waals surface area contributed by atoms with Crippen LogP contribution in [0.2, 0.25) is 0 Å². The van der Waals surface area contributed by atoms with E-state index in [0.717, 1.165) is 12.8 Å². The summed E-state index contributed by atoms with van der Waals surface area (Å²) in [6.07, 6.45) is 1.75. The summed E-state index contributed by atoms with van der Waals surface area (Å²) in [5.41, 5.74) is -1.13. The molecule has 1 saturated heterocycles. The molecule has 20 heavy (non-hydrogen) atoms. The standard InChI is InChI=1S/C14H25N3O3/c1-9-7-17(8-11(9)16(3)4)13(20)15-14(2,12(18)19)10-5-6-10/h9-11H,5-8H2,1-4H3,(H,15,20)(H,18,19). The van der Waals surface area contributed by atoms with E-state index in [-0.39, 0.29) is 11.9 Å². The fraction of sp³-hybridized carbons (Fsp3) is 0.857. The van der Waals surface area contributed by atoms with Gasteiger partial charge in [-0.1, -0.05) is 6.92 Å². The Morgan fingerprint density at radius 2 is 1.90 bits per heavy atom. The van der Waals surface area contributed by atoms with Crippen LogP contribution in [0.4, 0.5) is 4.79 Å². The molecule has 1 aliphatic carbocycles. The van der Waals surface area contributed by atoms with Crippen molar-refractivity contribution in [2.75, 3.05) is 27.2 Å². The summed E-state index contributed by atoms with van der Waals surface area (Å²) in [5.74, 6) is -0.480. The molecule has 0 radical (unpaired) electrons. The molecule has 6 heteroatoms. The molecule has 2 fully saturated rings. The van der Waals surface area contributed by atoms with E-state index in [1.165, 1.54) is 0 Å². The average molecular weight is 283 g/mol. The molecule has 6 nitrogen and oxygen atoms in total. The minimum Gasteiger partial charge on any atom is -0.480 e. The Morgan fingerprint density at radius 3 is 2.30 bits per heavy atom. The van der Waals surface area contributed by atoms with Crippen molar-refractivity contribution >= 4 is 12.0 Å². The number of hydrogen-bond acceptors (Lipinski definition) is 3. The van der Waals surface area contributed by atoms with Gasteiger partial charge in [-0.15, -0.1) is 0 Å². The number of likely N-dealkylation sites (tertiary alicyclic amines) is 1. The molecular formula is C14H25N3O3. The topological polar surface area (TPSA) is 72.9 Å². The Kier molecular flexibility index (Phi) is 3.95. The maximum atomic E-state index is 12.3. The summed E-state index contributed by atoms with van der Waals surface area (Å²) in [4.78, 5) is 27.6. The molecule has 2 rings (SSSR count). The molecule has 114 valence electrons. The first-order valence-corrected chi connectivity index (χ1v) is 7.22. The highest BCUT2D eigenvalue weighted by Crippen LogP contribution is 2.40. The summed E-state index contributed by atoms with van der Waals surface area (Å²) < 4.78 is 0. The van der Waals surface area contributed by atoms with Crippen LogP contribution in [0.5, 0.6) is 0 Å². The highest BCUT2D eigenvalue weighted by Gasteiger charge is 2.49. The summed E-state index contributed by atoms with van der Waals surface area (Å²) in [6.45, 7) is 5.07. The van der Waals surface area contributed by atoms with Crippen molar-refractivity contribution in [2.45, 2.75) is 38.3 Å².